The predicted octanol–water partition coefficient (Wildman–Crippen LogP) is 8.67. The third-order valence-electron chi connectivity index (χ3n) is 6.24. The third-order valence-corrected chi connectivity index (χ3v) is 9.15. The zero-order chi connectivity index (χ0) is 26.4. The number of hydrogen-bond donors (Lipinski definition) is 2. The van der Waals surface area contributed by atoms with Crippen molar-refractivity contribution in [1.82, 2.24) is 0 Å². The molecule has 4 unspecified atom stereocenters. The maximum Gasteiger partial charge on any atom is 0.589 e. The van der Waals surface area contributed by atoms with E-state index in [2.05, 4.69) is 13.8 Å². The normalized spacial score (nSPS) is 15.5. The summed E-state index contributed by atoms with van der Waals surface area (Å²) < 4.78 is 23.3. The Morgan fingerprint density at radius 2 is 1.31 bits per heavy atom. The quantitative estimate of drug-likeness (QED) is 0.0647. The van der Waals surface area contributed by atoms with Crippen molar-refractivity contribution >= 4 is 25.8 Å². The van der Waals surface area contributed by atoms with Crippen molar-refractivity contribution in [3.8, 4) is 0 Å². The van der Waals surface area contributed by atoms with Crippen LogP contribution in [0.3, 0.4) is 0 Å². The predicted molar refractivity (Wildman–Crippen MR) is 148 cm³/mol. The summed E-state index contributed by atoms with van der Waals surface area (Å²) in [5, 5.41) is 19.8. The summed E-state index contributed by atoms with van der Waals surface area (Å²) in [5.41, 5.74) is -2.80. The highest BCUT2D eigenvalue weighted by Gasteiger charge is 2.61. The second-order valence-corrected chi connectivity index (χ2v) is 12.3. The summed E-state index contributed by atoms with van der Waals surface area (Å²) in [5.74, 6) is -0.662. The molecule has 0 aromatic rings. The van der Waals surface area contributed by atoms with Crippen molar-refractivity contribution in [2.75, 3.05) is 12.4 Å². The molecule has 0 aromatic heterocycles. The Morgan fingerprint density at radius 1 is 0.829 bits per heavy atom. The molecule has 6 nitrogen and oxygen atoms in total. The first-order valence-corrected chi connectivity index (χ1v) is 16.4. The van der Waals surface area contributed by atoms with Crippen LogP contribution in [0.5, 0.6) is 0 Å². The van der Waals surface area contributed by atoms with E-state index in [-0.39, 0.29) is 11.9 Å². The van der Waals surface area contributed by atoms with E-state index in [9.17, 15) is 19.6 Å². The van der Waals surface area contributed by atoms with Crippen LogP contribution in [-0.2, 0) is 18.6 Å². The minimum absolute atomic E-state index is 0.00370. The first-order chi connectivity index (χ1) is 16.8. The number of aliphatic carboxylic acids is 1. The molecule has 35 heavy (non-hydrogen) atoms. The van der Waals surface area contributed by atoms with Gasteiger partial charge in [0.2, 0.25) is 0 Å². The van der Waals surface area contributed by atoms with E-state index in [0.29, 0.717) is 6.42 Å². The van der Waals surface area contributed by atoms with E-state index in [0.717, 1.165) is 31.4 Å². The lowest BCUT2D eigenvalue weighted by molar-refractivity contribution is -0.192. The Bertz CT molecular complexity index is 536. The molecule has 0 aliphatic heterocycles. The Balaban J connectivity index is 4.69. The Hall–Kier alpha value is -0.200. The van der Waals surface area contributed by atoms with Gasteiger partial charge < -0.3 is 10.2 Å². The average Bonchev–Trinajstić information content (AvgIpc) is 2.83. The van der Waals surface area contributed by atoms with Gasteiger partial charge in [0.25, 0.3) is 0 Å². The number of rotatable bonds is 26. The summed E-state index contributed by atoms with van der Waals surface area (Å²) in [7, 11) is -2.94. The topological polar surface area (TPSA) is 93.1 Å². The van der Waals surface area contributed by atoms with Crippen molar-refractivity contribution < 1.29 is 28.8 Å². The van der Waals surface area contributed by atoms with Crippen LogP contribution >= 0.6 is 19.8 Å². The maximum absolute atomic E-state index is 12.7. The molecule has 0 amide bonds. The van der Waals surface area contributed by atoms with Gasteiger partial charge in [0.05, 0.1) is 6.61 Å². The van der Waals surface area contributed by atoms with E-state index in [1.807, 2.05) is 18.7 Å². The minimum Gasteiger partial charge on any atom is -0.474 e. The van der Waals surface area contributed by atoms with Crippen molar-refractivity contribution in [1.29, 1.82) is 0 Å². The van der Waals surface area contributed by atoms with Crippen LogP contribution in [0.25, 0.3) is 0 Å². The van der Waals surface area contributed by atoms with E-state index in [1.54, 1.807) is 6.92 Å². The van der Waals surface area contributed by atoms with Gasteiger partial charge in [0.1, 0.15) is 6.10 Å². The highest BCUT2D eigenvalue weighted by atomic mass is 32.2. The van der Waals surface area contributed by atoms with Crippen molar-refractivity contribution in [2.24, 2.45) is 0 Å². The molecule has 0 aliphatic carbocycles. The van der Waals surface area contributed by atoms with Crippen LogP contribution in [0.2, 0.25) is 0 Å². The van der Waals surface area contributed by atoms with Crippen LogP contribution < -0.4 is 0 Å². The molecule has 8 heteroatoms. The van der Waals surface area contributed by atoms with Crippen molar-refractivity contribution in [2.45, 2.75) is 154 Å². The zero-order valence-corrected chi connectivity index (χ0v) is 24.7. The molecule has 0 fully saturated rings. The molecule has 208 valence electrons. The number of carboxylic acids is 1. The van der Waals surface area contributed by atoms with Crippen LogP contribution in [0, 0.1) is 0 Å². The fourth-order valence-corrected chi connectivity index (χ4v) is 6.31. The number of aliphatic hydroxyl groups is 1. The monoisotopic (exact) mass is 537 g/mol. The number of hydrogen-bond acceptors (Lipinski definition) is 6. The fourth-order valence-electron chi connectivity index (χ4n) is 3.95. The van der Waals surface area contributed by atoms with Crippen LogP contribution in [0.15, 0.2) is 0 Å². The Labute approximate surface area is 220 Å². The highest BCUT2D eigenvalue weighted by Crippen LogP contribution is 2.42. The summed E-state index contributed by atoms with van der Waals surface area (Å²) in [4.78, 5) is 11.6. The van der Waals surface area contributed by atoms with Crippen LogP contribution in [-0.4, -0.2) is 45.4 Å². The SMILES string of the molecule is CCCCCCCCCCSC(CCCCCCCCC)C(C)O[P+](=O)C(O)(OCCC)C(=O)O. The van der Waals surface area contributed by atoms with Gasteiger partial charge in [0.15, 0.2) is 0 Å². The maximum atomic E-state index is 12.7. The van der Waals surface area contributed by atoms with Gasteiger partial charge in [-0.3, -0.25) is 4.74 Å². The van der Waals surface area contributed by atoms with Crippen molar-refractivity contribution in [3.05, 3.63) is 0 Å². The molecule has 0 radical (unpaired) electrons. The molecule has 0 saturated heterocycles. The zero-order valence-electron chi connectivity index (χ0n) is 23.0. The first kappa shape index (κ1) is 34.8. The molecular formula is C27H54O6PS+. The summed E-state index contributed by atoms with van der Waals surface area (Å²) in [6.07, 6.45) is 19.8. The Morgan fingerprint density at radius 3 is 1.80 bits per heavy atom. The highest BCUT2D eigenvalue weighted by molar-refractivity contribution is 7.99. The van der Waals surface area contributed by atoms with Crippen LogP contribution in [0.4, 0.5) is 0 Å². The van der Waals surface area contributed by atoms with E-state index >= 15 is 0 Å². The molecule has 0 saturated carbocycles. The third kappa shape index (κ3) is 17.0. The van der Waals surface area contributed by atoms with Gasteiger partial charge in [0, 0.05) is 5.25 Å². The molecule has 0 aromatic carbocycles. The van der Waals surface area contributed by atoms with E-state index < -0.39 is 25.6 Å². The smallest absolute Gasteiger partial charge is 0.474 e. The van der Waals surface area contributed by atoms with Crippen molar-refractivity contribution in [3.63, 3.8) is 0 Å². The fraction of sp³-hybridized carbons (Fsp3) is 0.963. The van der Waals surface area contributed by atoms with E-state index in [1.165, 1.54) is 77.0 Å². The largest absolute Gasteiger partial charge is 0.589 e. The van der Waals surface area contributed by atoms with Gasteiger partial charge in [-0.1, -0.05) is 111 Å². The molecule has 4 atom stereocenters. The lowest BCUT2D eigenvalue weighted by Gasteiger charge is -2.21. The number of thioether (sulfide) groups is 1. The molecule has 0 heterocycles. The summed E-state index contributed by atoms with van der Waals surface area (Å²) >= 11 is 1.83. The Kier molecular flexibility index (Phi) is 22.8. The molecule has 0 bridgehead atoms. The van der Waals surface area contributed by atoms with Gasteiger partial charge in [-0.05, 0) is 36.5 Å². The number of carboxylic acid groups (broad SMARTS) is 1. The van der Waals surface area contributed by atoms with Crippen LogP contribution in [0.1, 0.15) is 137 Å². The number of unbranched alkanes of at least 4 members (excludes halogenated alkanes) is 13. The second-order valence-electron chi connectivity index (χ2n) is 9.62. The summed E-state index contributed by atoms with van der Waals surface area (Å²) in [6.45, 7) is 8.08. The molecule has 0 aliphatic rings. The van der Waals surface area contributed by atoms with Gasteiger partial charge >= 0.3 is 19.5 Å². The number of carbonyl (C=O) groups is 1. The van der Waals surface area contributed by atoms with Gasteiger partial charge in [-0.25, -0.2) is 4.79 Å². The first-order valence-electron chi connectivity index (χ1n) is 14.2. The van der Waals surface area contributed by atoms with E-state index in [4.69, 9.17) is 9.26 Å². The lowest BCUT2D eigenvalue weighted by Crippen LogP contribution is -2.39. The second kappa shape index (κ2) is 23.0. The lowest BCUT2D eigenvalue weighted by atomic mass is 10.1. The molecule has 0 rings (SSSR count). The standard InChI is InChI=1S/C27H53O6PS/c1-5-8-10-12-14-16-18-20-23-35-25(21-19-17-15-13-11-9-6-2)24(4)33-34(31)27(30,26(28)29)32-22-7-3/h24-25,30H,5-23H2,1-4H3/p+1. The minimum atomic E-state index is -2.94. The number of ether oxygens (including phenoxy) is 1. The summed E-state index contributed by atoms with van der Waals surface area (Å²) in [6, 6.07) is 0. The molecule has 0 spiro atoms. The van der Waals surface area contributed by atoms with Gasteiger partial charge in [-0.15, -0.1) is 4.52 Å². The van der Waals surface area contributed by atoms with Gasteiger partial charge in [-0.2, -0.15) is 11.8 Å². The average molecular weight is 538 g/mol. The molecule has 2 N–H and O–H groups in total. The molecular weight excluding hydrogens is 483 g/mol.